The number of nitrogens with zero attached hydrogens (tertiary/aromatic N) is 1. The quantitative estimate of drug-likeness (QED) is 0.570. The van der Waals surface area contributed by atoms with Crippen molar-refractivity contribution in [2.24, 2.45) is 5.92 Å². The molecule has 2 aliphatic rings. The van der Waals surface area contributed by atoms with Gasteiger partial charge in [0.05, 0.1) is 0 Å². The second kappa shape index (κ2) is 7.70. The molecule has 0 aromatic heterocycles. The lowest BCUT2D eigenvalue weighted by molar-refractivity contribution is 0.409. The normalized spacial score (nSPS) is 30.5. The maximum atomic E-state index is 2.73. The van der Waals surface area contributed by atoms with Crippen molar-refractivity contribution in [1.29, 1.82) is 0 Å². The zero-order chi connectivity index (χ0) is 14.4. The number of rotatable bonds is 7. The number of allylic oxidation sites excluding steroid dienone is 2. The average molecular weight is 296 g/mol. The minimum absolute atomic E-state index is 0.772. The van der Waals surface area contributed by atoms with Gasteiger partial charge in [0.2, 0.25) is 0 Å². The Morgan fingerprint density at radius 1 is 1.10 bits per heavy atom. The molecule has 0 amide bonds. The molecule has 0 spiro atoms. The van der Waals surface area contributed by atoms with E-state index in [2.05, 4.69) is 42.0 Å². The Hall–Kier alpha value is -0.210. The highest BCUT2D eigenvalue weighted by molar-refractivity contribution is 8.36. The van der Waals surface area contributed by atoms with E-state index in [1.807, 2.05) is 0 Å². The fraction of sp³-hybridized carbons (Fsp3) is 0.778. The third kappa shape index (κ3) is 3.51. The van der Waals surface area contributed by atoms with Gasteiger partial charge in [0.25, 0.3) is 0 Å². The van der Waals surface area contributed by atoms with Crippen molar-refractivity contribution in [2.75, 3.05) is 18.8 Å². The fourth-order valence-corrected chi connectivity index (χ4v) is 7.43. The summed E-state index contributed by atoms with van der Waals surface area (Å²) in [6.07, 6.45) is 12.4. The van der Waals surface area contributed by atoms with Gasteiger partial charge in [-0.15, -0.1) is 10.2 Å². The average Bonchev–Trinajstić information content (AvgIpc) is 2.93. The maximum Gasteiger partial charge on any atom is 0.00517 e. The summed E-state index contributed by atoms with van der Waals surface area (Å²) in [6.45, 7) is 9.34. The first kappa shape index (κ1) is 16.2. The molecular formula is C18H33NS. The van der Waals surface area contributed by atoms with Crippen LogP contribution in [-0.2, 0) is 0 Å². The molecule has 0 aromatic carbocycles. The summed E-state index contributed by atoms with van der Waals surface area (Å²) < 4.78 is 2.73. The second-order valence-electron chi connectivity index (χ2n) is 6.24. The molecule has 1 unspecified atom stereocenters. The summed E-state index contributed by atoms with van der Waals surface area (Å²) in [5.41, 5.74) is 1.68. The van der Waals surface area contributed by atoms with E-state index in [0.717, 1.165) is 5.92 Å². The van der Waals surface area contributed by atoms with Gasteiger partial charge >= 0.3 is 0 Å². The SMILES string of the molecule is CCCCS1(N(CC)CC)C=CC(C2CCCCC2)=C1. The Balaban J connectivity index is 2.16. The van der Waals surface area contributed by atoms with Gasteiger partial charge in [-0.1, -0.05) is 52.5 Å². The van der Waals surface area contributed by atoms with E-state index < -0.39 is 10.2 Å². The van der Waals surface area contributed by atoms with E-state index in [1.54, 1.807) is 5.57 Å². The summed E-state index contributed by atoms with van der Waals surface area (Å²) in [6, 6.07) is 0. The zero-order valence-corrected chi connectivity index (χ0v) is 14.6. The standard InChI is InChI=1S/C18H33NS/c1-4-7-14-20(19(5-2)6-3)15-13-18(16-20)17-11-9-8-10-12-17/h13,15-17H,4-12,14H2,1-3H3. The third-order valence-electron chi connectivity index (χ3n) is 4.92. The molecule has 1 saturated carbocycles. The third-order valence-corrected chi connectivity index (χ3v) is 8.63. The van der Waals surface area contributed by atoms with E-state index in [0.29, 0.717) is 0 Å². The molecule has 1 aliphatic heterocycles. The predicted octanol–water partition coefficient (Wildman–Crippen LogP) is 5.84. The van der Waals surface area contributed by atoms with Crippen LogP contribution in [0.4, 0.5) is 0 Å². The highest BCUT2D eigenvalue weighted by atomic mass is 32.3. The van der Waals surface area contributed by atoms with Crippen LogP contribution in [0.1, 0.15) is 65.7 Å². The number of unbranched alkanes of at least 4 members (excludes halogenated alkanes) is 1. The monoisotopic (exact) mass is 295 g/mol. The van der Waals surface area contributed by atoms with Crippen LogP contribution in [0, 0.1) is 5.92 Å². The molecule has 1 nitrogen and oxygen atoms in total. The van der Waals surface area contributed by atoms with Gasteiger partial charge in [0.15, 0.2) is 0 Å². The maximum absolute atomic E-state index is 2.73. The van der Waals surface area contributed by atoms with Gasteiger partial charge in [-0.25, -0.2) is 0 Å². The number of hydrogen-bond acceptors (Lipinski definition) is 1. The van der Waals surface area contributed by atoms with E-state index in [-0.39, 0.29) is 0 Å². The van der Waals surface area contributed by atoms with Crippen LogP contribution in [0.25, 0.3) is 0 Å². The van der Waals surface area contributed by atoms with Gasteiger partial charge in [-0.3, -0.25) is 4.31 Å². The van der Waals surface area contributed by atoms with Gasteiger partial charge in [-0.05, 0) is 47.3 Å². The second-order valence-corrected chi connectivity index (χ2v) is 9.29. The lowest BCUT2D eigenvalue weighted by Crippen LogP contribution is -2.26. The Kier molecular flexibility index (Phi) is 6.22. The fourth-order valence-electron chi connectivity index (χ4n) is 3.68. The molecule has 0 saturated heterocycles. The minimum atomic E-state index is -0.772. The summed E-state index contributed by atoms with van der Waals surface area (Å²) in [5, 5.41) is 5.31. The molecule has 1 fully saturated rings. The molecule has 2 heteroatoms. The van der Waals surface area contributed by atoms with E-state index in [1.165, 1.54) is 63.8 Å². The summed E-state index contributed by atoms with van der Waals surface area (Å²) in [7, 11) is -0.772. The largest absolute Gasteiger partial charge is 0.261 e. The van der Waals surface area contributed by atoms with Crippen molar-refractivity contribution in [3.05, 3.63) is 22.5 Å². The molecule has 0 N–H and O–H groups in total. The molecular weight excluding hydrogens is 262 g/mol. The first-order chi connectivity index (χ1) is 9.75. The van der Waals surface area contributed by atoms with Crippen LogP contribution in [0.3, 0.4) is 0 Å². The van der Waals surface area contributed by atoms with Crippen LogP contribution < -0.4 is 0 Å². The van der Waals surface area contributed by atoms with Crippen LogP contribution in [0.5, 0.6) is 0 Å². The van der Waals surface area contributed by atoms with E-state index >= 15 is 0 Å². The Bertz CT molecular complexity index is 350. The first-order valence-corrected chi connectivity index (χ1v) is 10.6. The van der Waals surface area contributed by atoms with Crippen LogP contribution in [0.2, 0.25) is 0 Å². The topological polar surface area (TPSA) is 3.24 Å². The highest BCUT2D eigenvalue weighted by Gasteiger charge is 2.30. The van der Waals surface area contributed by atoms with Gasteiger partial charge < -0.3 is 0 Å². The molecule has 2 rings (SSSR count). The van der Waals surface area contributed by atoms with Crippen molar-refractivity contribution in [2.45, 2.75) is 65.7 Å². The first-order valence-electron chi connectivity index (χ1n) is 8.71. The van der Waals surface area contributed by atoms with Crippen molar-refractivity contribution in [3.63, 3.8) is 0 Å². The highest BCUT2D eigenvalue weighted by Crippen LogP contribution is 2.60. The van der Waals surface area contributed by atoms with Crippen molar-refractivity contribution < 1.29 is 0 Å². The lowest BCUT2D eigenvalue weighted by atomic mass is 9.84. The van der Waals surface area contributed by atoms with Crippen LogP contribution in [-0.4, -0.2) is 23.1 Å². The summed E-state index contributed by atoms with van der Waals surface area (Å²) in [4.78, 5) is 0. The van der Waals surface area contributed by atoms with E-state index in [4.69, 9.17) is 0 Å². The molecule has 20 heavy (non-hydrogen) atoms. The molecule has 0 bridgehead atoms. The van der Waals surface area contributed by atoms with Gasteiger partial charge in [0.1, 0.15) is 0 Å². The molecule has 1 heterocycles. The minimum Gasteiger partial charge on any atom is -0.261 e. The zero-order valence-electron chi connectivity index (χ0n) is 13.7. The Morgan fingerprint density at radius 2 is 1.80 bits per heavy atom. The Morgan fingerprint density at radius 3 is 2.40 bits per heavy atom. The Labute approximate surface area is 128 Å². The van der Waals surface area contributed by atoms with Crippen LogP contribution >= 0.6 is 10.2 Å². The van der Waals surface area contributed by atoms with Crippen LogP contribution in [0.15, 0.2) is 22.5 Å². The molecule has 0 radical (unpaired) electrons. The molecule has 116 valence electrons. The van der Waals surface area contributed by atoms with Gasteiger partial charge in [-0.2, -0.15) is 0 Å². The predicted molar refractivity (Wildman–Crippen MR) is 94.1 cm³/mol. The molecule has 0 aromatic rings. The summed E-state index contributed by atoms with van der Waals surface area (Å²) in [5.74, 6) is 2.24. The van der Waals surface area contributed by atoms with Crippen molar-refractivity contribution >= 4 is 10.2 Å². The van der Waals surface area contributed by atoms with Crippen molar-refractivity contribution in [3.8, 4) is 0 Å². The lowest BCUT2D eigenvalue weighted by Gasteiger charge is -2.43. The number of hydrogen-bond donors (Lipinski definition) is 0. The van der Waals surface area contributed by atoms with E-state index in [9.17, 15) is 0 Å². The van der Waals surface area contributed by atoms with Crippen molar-refractivity contribution in [1.82, 2.24) is 4.31 Å². The van der Waals surface area contributed by atoms with Gasteiger partial charge in [0, 0.05) is 13.1 Å². The molecule has 1 atom stereocenters. The smallest absolute Gasteiger partial charge is 0.00517 e. The molecule has 1 aliphatic carbocycles. The summed E-state index contributed by atoms with van der Waals surface area (Å²) >= 11 is 0.